The maximum Gasteiger partial charge on any atom is 0.130 e. The Balaban J connectivity index is 1.57. The average Bonchev–Trinajstić information content (AvgIpc) is 2.97. The van der Waals surface area contributed by atoms with Crippen molar-refractivity contribution >= 4 is 10.9 Å². The predicted molar refractivity (Wildman–Crippen MR) is 96.9 cm³/mol. The molecule has 1 atom stereocenters. The molecule has 1 aliphatic rings. The third-order valence-electron chi connectivity index (χ3n) is 5.09. The zero-order valence-corrected chi connectivity index (χ0v) is 14.6. The van der Waals surface area contributed by atoms with Gasteiger partial charge in [-0.05, 0) is 25.0 Å². The first kappa shape index (κ1) is 15.3. The molecule has 0 fully saturated rings. The van der Waals surface area contributed by atoms with Gasteiger partial charge in [0.1, 0.15) is 5.82 Å². The minimum absolute atomic E-state index is 0.377. The minimum atomic E-state index is 0.377. The molecule has 1 aromatic carbocycles. The van der Waals surface area contributed by atoms with Gasteiger partial charge in [-0.15, -0.1) is 0 Å². The van der Waals surface area contributed by atoms with Crippen molar-refractivity contribution in [3.8, 4) is 0 Å². The van der Waals surface area contributed by atoms with E-state index in [1.807, 2.05) is 12.4 Å². The van der Waals surface area contributed by atoms with Crippen LogP contribution in [0, 0.1) is 0 Å². The summed E-state index contributed by atoms with van der Waals surface area (Å²) < 4.78 is 0. The van der Waals surface area contributed by atoms with E-state index < -0.39 is 0 Å². The van der Waals surface area contributed by atoms with Crippen LogP contribution in [0.25, 0.3) is 10.9 Å². The van der Waals surface area contributed by atoms with Gasteiger partial charge in [0, 0.05) is 59.6 Å². The van der Waals surface area contributed by atoms with Gasteiger partial charge in [0.25, 0.3) is 0 Å². The highest BCUT2D eigenvalue weighted by Crippen LogP contribution is 2.34. The van der Waals surface area contributed by atoms with E-state index in [0.717, 1.165) is 25.3 Å². The molecular formula is C20H24N4. The van der Waals surface area contributed by atoms with Crippen molar-refractivity contribution in [2.45, 2.75) is 45.7 Å². The Hall–Kier alpha value is -2.20. The summed E-state index contributed by atoms with van der Waals surface area (Å²) in [6, 6.07) is 9.00. The quantitative estimate of drug-likeness (QED) is 0.786. The molecule has 0 unspecified atom stereocenters. The number of para-hydroxylation sites is 1. The van der Waals surface area contributed by atoms with Gasteiger partial charge in [-0.1, -0.05) is 32.0 Å². The van der Waals surface area contributed by atoms with E-state index in [1.165, 1.54) is 27.7 Å². The molecule has 0 saturated carbocycles. The Morgan fingerprint density at radius 1 is 1.21 bits per heavy atom. The molecule has 0 radical (unpaired) electrons. The smallest absolute Gasteiger partial charge is 0.130 e. The van der Waals surface area contributed by atoms with Gasteiger partial charge in [0.2, 0.25) is 0 Å². The minimum Gasteiger partial charge on any atom is -0.357 e. The van der Waals surface area contributed by atoms with E-state index in [0.29, 0.717) is 12.0 Å². The van der Waals surface area contributed by atoms with Crippen LogP contribution in [-0.2, 0) is 13.0 Å². The number of rotatable bonds is 3. The van der Waals surface area contributed by atoms with Gasteiger partial charge in [0.15, 0.2) is 0 Å². The number of aromatic amines is 1. The lowest BCUT2D eigenvalue weighted by atomic mass is 9.98. The summed E-state index contributed by atoms with van der Waals surface area (Å²) in [5.74, 6) is 1.30. The van der Waals surface area contributed by atoms with E-state index in [1.54, 1.807) is 0 Å². The largest absolute Gasteiger partial charge is 0.357 e. The third kappa shape index (κ3) is 2.61. The van der Waals surface area contributed by atoms with E-state index in [9.17, 15) is 0 Å². The molecule has 4 rings (SSSR count). The number of benzene rings is 1. The Bertz CT molecular complexity index is 848. The lowest BCUT2D eigenvalue weighted by molar-refractivity contribution is 0.186. The third-order valence-corrected chi connectivity index (χ3v) is 5.09. The molecule has 24 heavy (non-hydrogen) atoms. The highest BCUT2D eigenvalue weighted by molar-refractivity contribution is 5.85. The fourth-order valence-corrected chi connectivity index (χ4v) is 3.67. The normalized spacial score (nSPS) is 18.2. The second-order valence-corrected chi connectivity index (χ2v) is 7.06. The van der Waals surface area contributed by atoms with Gasteiger partial charge < -0.3 is 4.98 Å². The predicted octanol–water partition coefficient (Wildman–Crippen LogP) is 4.20. The molecule has 3 heterocycles. The van der Waals surface area contributed by atoms with Crippen molar-refractivity contribution < 1.29 is 0 Å². The Morgan fingerprint density at radius 3 is 2.71 bits per heavy atom. The number of H-pyrrole nitrogens is 1. The second kappa shape index (κ2) is 6.02. The van der Waals surface area contributed by atoms with Crippen molar-refractivity contribution in [3.63, 3.8) is 0 Å². The lowest BCUT2D eigenvalue weighted by Gasteiger charge is -2.33. The van der Waals surface area contributed by atoms with Crippen LogP contribution < -0.4 is 0 Å². The molecule has 1 aliphatic heterocycles. The topological polar surface area (TPSA) is 44.8 Å². The van der Waals surface area contributed by atoms with Crippen molar-refractivity contribution in [1.82, 2.24) is 19.9 Å². The zero-order valence-electron chi connectivity index (χ0n) is 14.6. The highest BCUT2D eigenvalue weighted by atomic mass is 15.2. The fourth-order valence-electron chi connectivity index (χ4n) is 3.67. The standard InChI is InChI=1S/C20H24N4/c1-13(2)20-21-10-15(11-22-20)12-24-9-8-17-16-6-4-5-7-18(16)23-19(17)14(24)3/h4-7,10-11,13-14,23H,8-9,12H2,1-3H3/t14-/m1/s1. The van der Waals surface area contributed by atoms with Gasteiger partial charge in [-0.25, -0.2) is 9.97 Å². The van der Waals surface area contributed by atoms with E-state index in [-0.39, 0.29) is 0 Å². The molecule has 4 nitrogen and oxygen atoms in total. The molecule has 1 N–H and O–H groups in total. The average molecular weight is 320 g/mol. The first-order valence-corrected chi connectivity index (χ1v) is 8.78. The number of hydrogen-bond acceptors (Lipinski definition) is 3. The number of fused-ring (bicyclic) bond motifs is 3. The van der Waals surface area contributed by atoms with Crippen molar-refractivity contribution in [3.05, 3.63) is 59.3 Å². The van der Waals surface area contributed by atoms with E-state index in [4.69, 9.17) is 0 Å². The summed E-state index contributed by atoms with van der Waals surface area (Å²) in [7, 11) is 0. The number of hydrogen-bond donors (Lipinski definition) is 1. The first-order chi connectivity index (χ1) is 11.6. The van der Waals surface area contributed by atoms with Crippen LogP contribution in [0.5, 0.6) is 0 Å². The van der Waals surface area contributed by atoms with Crippen LogP contribution in [0.1, 0.15) is 55.4 Å². The molecule has 4 heteroatoms. The summed E-state index contributed by atoms with van der Waals surface area (Å²) in [5, 5.41) is 1.38. The summed E-state index contributed by atoms with van der Waals surface area (Å²) in [5.41, 5.74) is 5.29. The van der Waals surface area contributed by atoms with Crippen molar-refractivity contribution in [2.24, 2.45) is 0 Å². The van der Waals surface area contributed by atoms with Crippen LogP contribution >= 0.6 is 0 Å². The van der Waals surface area contributed by atoms with Gasteiger partial charge >= 0.3 is 0 Å². The zero-order chi connectivity index (χ0) is 16.7. The summed E-state index contributed by atoms with van der Waals surface area (Å²) in [6.07, 6.45) is 5.06. The van der Waals surface area contributed by atoms with Crippen molar-refractivity contribution in [1.29, 1.82) is 0 Å². The summed E-state index contributed by atoms with van der Waals surface area (Å²) >= 11 is 0. The van der Waals surface area contributed by atoms with Crippen molar-refractivity contribution in [2.75, 3.05) is 6.54 Å². The first-order valence-electron chi connectivity index (χ1n) is 8.78. The van der Waals surface area contributed by atoms with E-state index >= 15 is 0 Å². The molecule has 0 amide bonds. The van der Waals surface area contributed by atoms with Crippen LogP contribution in [0.2, 0.25) is 0 Å². The van der Waals surface area contributed by atoms with Crippen LogP contribution in [-0.4, -0.2) is 26.4 Å². The Kier molecular flexibility index (Phi) is 3.85. The molecule has 0 bridgehead atoms. The molecule has 3 aromatic rings. The summed E-state index contributed by atoms with van der Waals surface area (Å²) in [6.45, 7) is 8.51. The lowest BCUT2D eigenvalue weighted by Crippen LogP contribution is -2.33. The van der Waals surface area contributed by atoms with E-state index in [2.05, 4.69) is 64.9 Å². The van der Waals surface area contributed by atoms with Gasteiger partial charge in [-0.2, -0.15) is 0 Å². The Labute approximate surface area is 142 Å². The summed E-state index contributed by atoms with van der Waals surface area (Å²) in [4.78, 5) is 15.1. The monoisotopic (exact) mass is 320 g/mol. The van der Waals surface area contributed by atoms with Gasteiger partial charge in [0.05, 0.1) is 0 Å². The number of aromatic nitrogens is 3. The maximum absolute atomic E-state index is 4.50. The van der Waals surface area contributed by atoms with Crippen LogP contribution in [0.4, 0.5) is 0 Å². The van der Waals surface area contributed by atoms with Gasteiger partial charge in [-0.3, -0.25) is 4.90 Å². The SMILES string of the molecule is CC(C)c1ncc(CN2CCc3c([nH]c4ccccc34)[C@H]2C)cn1. The van der Waals surface area contributed by atoms with Crippen LogP contribution in [0.3, 0.4) is 0 Å². The fraction of sp³-hybridized carbons (Fsp3) is 0.400. The molecule has 124 valence electrons. The number of nitrogens with one attached hydrogen (secondary N) is 1. The number of nitrogens with zero attached hydrogens (tertiary/aromatic N) is 3. The van der Waals surface area contributed by atoms with Crippen LogP contribution in [0.15, 0.2) is 36.7 Å². The molecule has 0 aliphatic carbocycles. The second-order valence-electron chi connectivity index (χ2n) is 7.06. The maximum atomic E-state index is 4.50. The molecular weight excluding hydrogens is 296 g/mol. The molecule has 2 aromatic heterocycles. The molecule has 0 saturated heterocycles. The highest BCUT2D eigenvalue weighted by Gasteiger charge is 2.27. The Morgan fingerprint density at radius 2 is 1.96 bits per heavy atom. The molecule has 0 spiro atoms.